The van der Waals surface area contributed by atoms with Crippen LogP contribution >= 0.6 is 23.2 Å². The third kappa shape index (κ3) is 9.89. The van der Waals surface area contributed by atoms with Crippen molar-refractivity contribution >= 4 is 47.0 Å². The van der Waals surface area contributed by atoms with Crippen LogP contribution in [0.4, 0.5) is 18.9 Å². The van der Waals surface area contributed by atoms with Crippen molar-refractivity contribution in [3.63, 3.8) is 0 Å². The van der Waals surface area contributed by atoms with Gasteiger partial charge in [-0.2, -0.15) is 13.2 Å². The van der Waals surface area contributed by atoms with Crippen LogP contribution in [0.15, 0.2) is 97.2 Å². The predicted octanol–water partition coefficient (Wildman–Crippen LogP) is 10.0. The van der Waals surface area contributed by atoms with Crippen LogP contribution in [0.5, 0.6) is 5.75 Å². The summed E-state index contributed by atoms with van der Waals surface area (Å²) in [7, 11) is 1.35. The number of ether oxygens (including phenoxy) is 2. The molecule has 48 heavy (non-hydrogen) atoms. The first-order valence-corrected chi connectivity index (χ1v) is 15.8. The van der Waals surface area contributed by atoms with Crippen molar-refractivity contribution in [1.82, 2.24) is 9.55 Å². The monoisotopic (exact) mass is 693 g/mol. The summed E-state index contributed by atoms with van der Waals surface area (Å²) in [6.07, 6.45) is 0.692. The van der Waals surface area contributed by atoms with Gasteiger partial charge in [0, 0.05) is 35.4 Å². The third-order valence-electron chi connectivity index (χ3n) is 7.36. The molecule has 4 aromatic carbocycles. The number of alkyl halides is 3. The first-order valence-electron chi connectivity index (χ1n) is 15.1. The van der Waals surface area contributed by atoms with Crippen molar-refractivity contribution in [2.75, 3.05) is 25.6 Å². The zero-order valence-electron chi connectivity index (χ0n) is 25.9. The Kier molecular flexibility index (Phi) is 11.5. The van der Waals surface area contributed by atoms with Crippen LogP contribution in [-0.4, -0.2) is 42.0 Å². The molecule has 1 N–H and O–H groups in total. The van der Waals surface area contributed by atoms with Gasteiger partial charge in [-0.25, -0.2) is 4.98 Å². The number of esters is 1. The highest BCUT2D eigenvalue weighted by Gasteiger charge is 2.26. The molecule has 0 radical (unpaired) electrons. The lowest BCUT2D eigenvalue weighted by atomic mass is 10.0. The molecule has 0 unspecified atom stereocenters. The first kappa shape index (κ1) is 34.6. The Labute approximate surface area is 286 Å². The molecule has 0 aliphatic heterocycles. The molecule has 0 saturated carbocycles. The fourth-order valence-corrected chi connectivity index (χ4v) is 5.38. The summed E-state index contributed by atoms with van der Waals surface area (Å²) in [5.41, 5.74) is 6.06. The molecule has 5 rings (SSSR count). The number of rotatable bonds is 13. The van der Waals surface area contributed by atoms with Gasteiger partial charge in [0.25, 0.3) is 0 Å². The molecule has 0 amide bonds. The molecule has 248 valence electrons. The molecule has 11 heteroatoms. The SMILES string of the molecule is COC(=O)CNc1ccc(Cn2cc(-c3ccc(Cl)cc3Cl)nc2C=Cc2ccc(-c3cccc(OCCCC(F)(F)F)c3)cc2)cc1. The maximum atomic E-state index is 12.4. The van der Waals surface area contributed by atoms with E-state index in [1.165, 1.54) is 7.11 Å². The maximum absolute atomic E-state index is 12.4. The van der Waals surface area contributed by atoms with Crippen LogP contribution in [0, 0.1) is 0 Å². The summed E-state index contributed by atoms with van der Waals surface area (Å²) in [5, 5.41) is 4.06. The number of anilines is 1. The van der Waals surface area contributed by atoms with E-state index in [0.29, 0.717) is 33.9 Å². The van der Waals surface area contributed by atoms with E-state index in [1.807, 2.05) is 95.7 Å². The van der Waals surface area contributed by atoms with E-state index in [-0.39, 0.29) is 25.5 Å². The van der Waals surface area contributed by atoms with Crippen LogP contribution in [-0.2, 0) is 16.1 Å². The number of hydrogen-bond acceptors (Lipinski definition) is 5. The normalized spacial score (nSPS) is 11.5. The van der Waals surface area contributed by atoms with E-state index in [0.717, 1.165) is 33.5 Å². The summed E-state index contributed by atoms with van der Waals surface area (Å²) in [6, 6.07) is 28.3. The molecule has 1 heterocycles. The molecule has 0 atom stereocenters. The van der Waals surface area contributed by atoms with Gasteiger partial charge < -0.3 is 19.4 Å². The Morgan fingerprint density at radius 1 is 0.938 bits per heavy atom. The molecule has 0 aliphatic carbocycles. The number of aromatic nitrogens is 2. The number of imidazole rings is 1. The predicted molar refractivity (Wildman–Crippen MR) is 185 cm³/mol. The molecule has 0 bridgehead atoms. The van der Waals surface area contributed by atoms with Crippen LogP contribution in [0.3, 0.4) is 0 Å². The van der Waals surface area contributed by atoms with Crippen LogP contribution < -0.4 is 10.1 Å². The average molecular weight is 695 g/mol. The maximum Gasteiger partial charge on any atom is 0.389 e. The van der Waals surface area contributed by atoms with Gasteiger partial charge in [0.1, 0.15) is 18.1 Å². The second kappa shape index (κ2) is 15.9. The number of nitrogens with one attached hydrogen (secondary N) is 1. The van der Waals surface area contributed by atoms with Crippen molar-refractivity contribution in [3.05, 3.63) is 124 Å². The Hall–Kier alpha value is -4.73. The Morgan fingerprint density at radius 3 is 2.42 bits per heavy atom. The smallest absolute Gasteiger partial charge is 0.389 e. The molecule has 0 aliphatic rings. The summed E-state index contributed by atoms with van der Waals surface area (Å²) >= 11 is 12.7. The van der Waals surface area contributed by atoms with Crippen molar-refractivity contribution in [2.24, 2.45) is 0 Å². The van der Waals surface area contributed by atoms with Gasteiger partial charge in [0.2, 0.25) is 0 Å². The lowest BCUT2D eigenvalue weighted by molar-refractivity contribution is -0.138. The molecule has 0 spiro atoms. The largest absolute Gasteiger partial charge is 0.494 e. The van der Waals surface area contributed by atoms with E-state index in [9.17, 15) is 18.0 Å². The molecule has 0 fully saturated rings. The van der Waals surface area contributed by atoms with E-state index in [2.05, 4.69) is 10.1 Å². The van der Waals surface area contributed by atoms with Crippen molar-refractivity contribution in [1.29, 1.82) is 0 Å². The van der Waals surface area contributed by atoms with Crippen molar-refractivity contribution in [3.8, 4) is 28.1 Å². The molecule has 5 aromatic rings. The number of halogens is 5. The van der Waals surface area contributed by atoms with Crippen LogP contribution in [0.1, 0.15) is 29.8 Å². The Balaban J connectivity index is 1.32. The quantitative estimate of drug-likeness (QED) is 0.0982. The summed E-state index contributed by atoms with van der Waals surface area (Å²) in [6.45, 7) is 0.602. The lowest BCUT2D eigenvalue weighted by Crippen LogP contribution is -2.14. The molecule has 6 nitrogen and oxygen atoms in total. The number of carbonyl (C=O) groups excluding carboxylic acids is 1. The van der Waals surface area contributed by atoms with E-state index in [4.69, 9.17) is 32.9 Å². The number of hydrogen-bond donors (Lipinski definition) is 1. The van der Waals surface area contributed by atoms with E-state index < -0.39 is 12.6 Å². The topological polar surface area (TPSA) is 65.4 Å². The fraction of sp³-hybridized carbons (Fsp3) is 0.189. The van der Waals surface area contributed by atoms with E-state index >= 15 is 0 Å². The Morgan fingerprint density at radius 2 is 1.71 bits per heavy atom. The summed E-state index contributed by atoms with van der Waals surface area (Å²) in [5.74, 6) is 0.884. The fourth-order valence-electron chi connectivity index (χ4n) is 4.87. The average Bonchev–Trinajstić information content (AvgIpc) is 3.47. The van der Waals surface area contributed by atoms with Gasteiger partial charge in [-0.3, -0.25) is 4.79 Å². The van der Waals surface area contributed by atoms with Crippen molar-refractivity contribution in [2.45, 2.75) is 25.6 Å². The minimum atomic E-state index is -4.19. The standard InChI is InChI=1S/C37H32Cl2F3N3O3/c1-47-36(46)22-43-30-14-8-26(9-15-30)23-45-24-34(32-16-13-29(38)21-33(32)39)44-35(45)17-10-25-6-11-27(12-7-25)28-4-2-5-31(20-28)48-19-3-18-37(40,41)42/h2,4-17,20-21,24,43H,3,18-19,22-23H2,1H3. The Bertz CT molecular complexity index is 1870. The van der Waals surface area contributed by atoms with Gasteiger partial charge in [-0.05, 0) is 77.2 Å². The lowest BCUT2D eigenvalue weighted by Gasteiger charge is -2.10. The minimum Gasteiger partial charge on any atom is -0.494 e. The van der Waals surface area contributed by atoms with Crippen molar-refractivity contribution < 1.29 is 27.4 Å². The molecular weight excluding hydrogens is 662 g/mol. The molecule has 1 aromatic heterocycles. The van der Waals surface area contributed by atoms with Gasteiger partial charge >= 0.3 is 12.1 Å². The van der Waals surface area contributed by atoms with Gasteiger partial charge in [-0.15, -0.1) is 0 Å². The van der Waals surface area contributed by atoms with E-state index in [1.54, 1.807) is 18.2 Å². The first-order chi connectivity index (χ1) is 23.1. The van der Waals surface area contributed by atoms with Crippen LogP contribution in [0.25, 0.3) is 34.5 Å². The number of nitrogens with zero attached hydrogens (tertiary/aromatic N) is 2. The molecule has 0 saturated heterocycles. The number of methoxy groups -OCH3 is 1. The summed E-state index contributed by atoms with van der Waals surface area (Å²) < 4.78 is 49.6. The zero-order chi connectivity index (χ0) is 34.1. The highest BCUT2D eigenvalue weighted by atomic mass is 35.5. The minimum absolute atomic E-state index is 0.00599. The zero-order valence-corrected chi connectivity index (χ0v) is 27.4. The summed E-state index contributed by atoms with van der Waals surface area (Å²) in [4.78, 5) is 16.4. The molecular formula is C37H32Cl2F3N3O3. The second-order valence-corrected chi connectivity index (χ2v) is 11.8. The van der Waals surface area contributed by atoms with Gasteiger partial charge in [0.05, 0.1) is 24.4 Å². The highest BCUT2D eigenvalue weighted by molar-refractivity contribution is 6.36. The van der Waals surface area contributed by atoms with Crippen LogP contribution in [0.2, 0.25) is 10.0 Å². The second-order valence-electron chi connectivity index (χ2n) is 10.9. The number of carbonyl (C=O) groups is 1. The number of benzene rings is 4. The third-order valence-corrected chi connectivity index (χ3v) is 7.91. The van der Waals surface area contributed by atoms with Gasteiger partial charge in [0.15, 0.2) is 0 Å². The van der Waals surface area contributed by atoms with Gasteiger partial charge in [-0.1, -0.05) is 77.8 Å². The highest BCUT2D eigenvalue weighted by Crippen LogP contribution is 2.31.